The van der Waals surface area contributed by atoms with E-state index in [0.29, 0.717) is 5.92 Å². The number of para-hydroxylation sites is 1. The van der Waals surface area contributed by atoms with Gasteiger partial charge in [-0.1, -0.05) is 18.2 Å². The molecule has 2 heterocycles. The van der Waals surface area contributed by atoms with Crippen LogP contribution < -0.4 is 4.74 Å². The number of hydrogen-bond acceptors (Lipinski definition) is 3. The van der Waals surface area contributed by atoms with Crippen molar-refractivity contribution in [3.63, 3.8) is 0 Å². The van der Waals surface area contributed by atoms with Gasteiger partial charge in [0.05, 0.1) is 18.6 Å². The molecule has 0 bridgehead atoms. The molecular weight excluding hydrogens is 204 g/mol. The summed E-state index contributed by atoms with van der Waals surface area (Å²) in [7, 11) is 1.76. The van der Waals surface area contributed by atoms with Crippen molar-refractivity contribution < 1.29 is 14.2 Å². The summed E-state index contributed by atoms with van der Waals surface area (Å²) in [6.45, 7) is 0.791. The molecule has 0 spiro atoms. The van der Waals surface area contributed by atoms with Crippen LogP contribution in [0, 0.1) is 5.92 Å². The lowest BCUT2D eigenvalue weighted by atomic mass is 9.87. The van der Waals surface area contributed by atoms with Crippen LogP contribution in [0.5, 0.6) is 5.75 Å². The van der Waals surface area contributed by atoms with E-state index in [2.05, 4.69) is 6.07 Å². The maximum Gasteiger partial charge on any atom is 0.205 e. The lowest BCUT2D eigenvalue weighted by Gasteiger charge is -2.40. The van der Waals surface area contributed by atoms with Crippen molar-refractivity contribution in [2.24, 2.45) is 5.92 Å². The standard InChI is InChI=1S/C13H16O3/c1-14-12-9-5-2-3-7-11(9)16-13-10(12)6-4-8-15-13/h2-3,5,7,10,12-13H,4,6,8H2,1H3/t10-,12-,13+/m0/s1. The molecule has 0 radical (unpaired) electrons. The highest BCUT2D eigenvalue weighted by atomic mass is 16.7. The van der Waals surface area contributed by atoms with Crippen LogP contribution in [0.15, 0.2) is 24.3 Å². The molecular formula is C13H16O3. The second kappa shape index (κ2) is 4.07. The van der Waals surface area contributed by atoms with Crippen molar-refractivity contribution in [1.82, 2.24) is 0 Å². The first kappa shape index (κ1) is 10.1. The van der Waals surface area contributed by atoms with E-state index >= 15 is 0 Å². The Morgan fingerprint density at radius 2 is 2.19 bits per heavy atom. The van der Waals surface area contributed by atoms with Crippen molar-refractivity contribution in [2.75, 3.05) is 13.7 Å². The van der Waals surface area contributed by atoms with Gasteiger partial charge in [-0.3, -0.25) is 0 Å². The normalized spacial score (nSPS) is 32.4. The largest absolute Gasteiger partial charge is 0.464 e. The highest BCUT2D eigenvalue weighted by Gasteiger charge is 2.40. The quantitative estimate of drug-likeness (QED) is 0.727. The van der Waals surface area contributed by atoms with E-state index in [4.69, 9.17) is 14.2 Å². The Morgan fingerprint density at radius 1 is 1.31 bits per heavy atom. The van der Waals surface area contributed by atoms with Gasteiger partial charge in [0.15, 0.2) is 0 Å². The summed E-state index contributed by atoms with van der Waals surface area (Å²) < 4.78 is 17.2. The Labute approximate surface area is 95.3 Å². The molecule has 2 aliphatic heterocycles. The van der Waals surface area contributed by atoms with Crippen LogP contribution in [0.2, 0.25) is 0 Å². The average Bonchev–Trinajstić information content (AvgIpc) is 2.36. The molecule has 1 aromatic carbocycles. The van der Waals surface area contributed by atoms with Gasteiger partial charge in [0.1, 0.15) is 5.75 Å². The third kappa shape index (κ3) is 1.51. The fourth-order valence-electron chi connectivity index (χ4n) is 2.67. The average molecular weight is 220 g/mol. The monoisotopic (exact) mass is 220 g/mol. The van der Waals surface area contributed by atoms with Gasteiger partial charge in [0.2, 0.25) is 6.29 Å². The zero-order valence-electron chi connectivity index (χ0n) is 9.39. The summed E-state index contributed by atoms with van der Waals surface area (Å²) in [5, 5.41) is 0. The molecule has 0 amide bonds. The molecule has 3 atom stereocenters. The molecule has 0 N–H and O–H groups in total. The summed E-state index contributed by atoms with van der Waals surface area (Å²) in [4.78, 5) is 0. The Bertz CT molecular complexity index is 377. The molecule has 0 aliphatic carbocycles. The molecule has 1 aromatic rings. The molecule has 0 unspecified atom stereocenters. The van der Waals surface area contributed by atoms with Crippen molar-refractivity contribution >= 4 is 0 Å². The van der Waals surface area contributed by atoms with E-state index in [1.54, 1.807) is 7.11 Å². The number of hydrogen-bond donors (Lipinski definition) is 0. The first-order chi connectivity index (χ1) is 7.90. The molecule has 86 valence electrons. The maximum absolute atomic E-state index is 5.87. The number of ether oxygens (including phenoxy) is 3. The third-order valence-corrected chi connectivity index (χ3v) is 3.42. The zero-order chi connectivity index (χ0) is 11.0. The van der Waals surface area contributed by atoms with Crippen LogP contribution in [0.3, 0.4) is 0 Å². The minimum Gasteiger partial charge on any atom is -0.464 e. The van der Waals surface area contributed by atoms with Gasteiger partial charge in [-0.15, -0.1) is 0 Å². The number of fused-ring (bicyclic) bond motifs is 2. The highest BCUT2D eigenvalue weighted by molar-refractivity contribution is 5.37. The molecule has 0 saturated carbocycles. The van der Waals surface area contributed by atoms with Crippen molar-refractivity contribution in [1.29, 1.82) is 0 Å². The summed E-state index contributed by atoms with van der Waals surface area (Å²) >= 11 is 0. The zero-order valence-corrected chi connectivity index (χ0v) is 9.39. The SMILES string of the molecule is CO[C@H]1c2ccccc2O[C@H]2OCCC[C@H]21. The summed E-state index contributed by atoms with van der Waals surface area (Å²) in [6.07, 6.45) is 2.17. The number of methoxy groups -OCH3 is 1. The van der Waals surface area contributed by atoms with E-state index < -0.39 is 0 Å². The van der Waals surface area contributed by atoms with E-state index in [-0.39, 0.29) is 12.4 Å². The maximum atomic E-state index is 5.87. The minimum absolute atomic E-state index is 0.107. The van der Waals surface area contributed by atoms with Gasteiger partial charge in [0.25, 0.3) is 0 Å². The minimum atomic E-state index is -0.131. The lowest BCUT2D eigenvalue weighted by molar-refractivity contribution is -0.185. The summed E-state index contributed by atoms with van der Waals surface area (Å²) in [5.41, 5.74) is 1.15. The van der Waals surface area contributed by atoms with Gasteiger partial charge in [0, 0.05) is 12.7 Å². The van der Waals surface area contributed by atoms with Gasteiger partial charge < -0.3 is 14.2 Å². The lowest BCUT2D eigenvalue weighted by Crippen LogP contribution is -2.41. The van der Waals surface area contributed by atoms with Gasteiger partial charge in [-0.25, -0.2) is 0 Å². The van der Waals surface area contributed by atoms with E-state index in [9.17, 15) is 0 Å². The van der Waals surface area contributed by atoms with Gasteiger partial charge in [-0.2, -0.15) is 0 Å². The highest BCUT2D eigenvalue weighted by Crippen LogP contribution is 2.44. The van der Waals surface area contributed by atoms with Gasteiger partial charge in [-0.05, 0) is 18.9 Å². The molecule has 2 aliphatic rings. The van der Waals surface area contributed by atoms with Crippen molar-refractivity contribution in [3.8, 4) is 5.75 Å². The van der Waals surface area contributed by atoms with Crippen molar-refractivity contribution in [2.45, 2.75) is 25.2 Å². The van der Waals surface area contributed by atoms with Crippen LogP contribution >= 0.6 is 0 Å². The molecule has 3 nitrogen and oxygen atoms in total. The van der Waals surface area contributed by atoms with Gasteiger partial charge >= 0.3 is 0 Å². The van der Waals surface area contributed by atoms with Crippen LogP contribution in [0.25, 0.3) is 0 Å². The molecule has 3 heteroatoms. The first-order valence-electron chi connectivity index (χ1n) is 5.80. The van der Waals surface area contributed by atoms with Crippen LogP contribution in [0.1, 0.15) is 24.5 Å². The fourth-order valence-corrected chi connectivity index (χ4v) is 2.67. The summed E-state index contributed by atoms with van der Waals surface area (Å²) in [6, 6.07) is 8.07. The summed E-state index contributed by atoms with van der Waals surface area (Å²) in [5.74, 6) is 1.23. The molecule has 0 aromatic heterocycles. The van der Waals surface area contributed by atoms with Crippen LogP contribution in [0.4, 0.5) is 0 Å². The van der Waals surface area contributed by atoms with E-state index in [1.807, 2.05) is 18.2 Å². The first-order valence-corrected chi connectivity index (χ1v) is 5.80. The van der Waals surface area contributed by atoms with Crippen LogP contribution in [-0.4, -0.2) is 20.0 Å². The smallest absolute Gasteiger partial charge is 0.205 e. The Kier molecular flexibility index (Phi) is 2.58. The Hall–Kier alpha value is -1.06. The topological polar surface area (TPSA) is 27.7 Å². The second-order valence-corrected chi connectivity index (χ2v) is 4.36. The number of rotatable bonds is 1. The van der Waals surface area contributed by atoms with E-state index in [1.165, 1.54) is 0 Å². The van der Waals surface area contributed by atoms with Crippen molar-refractivity contribution in [3.05, 3.63) is 29.8 Å². The Morgan fingerprint density at radius 3 is 3.06 bits per heavy atom. The fraction of sp³-hybridized carbons (Fsp3) is 0.538. The molecule has 1 saturated heterocycles. The predicted molar refractivity (Wildman–Crippen MR) is 59.3 cm³/mol. The predicted octanol–water partition coefficient (Wildman–Crippen LogP) is 2.52. The van der Waals surface area contributed by atoms with Crippen LogP contribution in [-0.2, 0) is 9.47 Å². The molecule has 3 rings (SSSR count). The molecule has 1 fully saturated rings. The number of benzene rings is 1. The van der Waals surface area contributed by atoms with E-state index in [0.717, 1.165) is 30.8 Å². The second-order valence-electron chi connectivity index (χ2n) is 4.36. The third-order valence-electron chi connectivity index (χ3n) is 3.42. The molecule has 16 heavy (non-hydrogen) atoms. The Balaban J connectivity index is 1.99.